The minimum atomic E-state index is 0.227. The quantitative estimate of drug-likeness (QED) is 0.797. The zero-order valence-corrected chi connectivity index (χ0v) is 12.8. The number of nitrogens with zero attached hydrogens (tertiary/aromatic N) is 3. The van der Waals surface area contributed by atoms with Gasteiger partial charge in [-0.15, -0.1) is 0 Å². The molecule has 23 heavy (non-hydrogen) atoms. The SMILES string of the molecule is CCc1ccc(-c2cc(-c3ccccn3)nc(N)c2C#N)cc1. The van der Waals surface area contributed by atoms with Crippen molar-refractivity contribution in [2.75, 3.05) is 5.73 Å². The number of hydrogen-bond acceptors (Lipinski definition) is 4. The summed E-state index contributed by atoms with van der Waals surface area (Å²) in [7, 11) is 0. The minimum Gasteiger partial charge on any atom is -0.383 e. The van der Waals surface area contributed by atoms with E-state index in [1.807, 2.05) is 36.4 Å². The molecular formula is C19H16N4. The van der Waals surface area contributed by atoms with Crippen molar-refractivity contribution in [3.8, 4) is 28.6 Å². The van der Waals surface area contributed by atoms with Gasteiger partial charge in [0.25, 0.3) is 0 Å². The van der Waals surface area contributed by atoms with Gasteiger partial charge in [-0.3, -0.25) is 4.98 Å². The van der Waals surface area contributed by atoms with Gasteiger partial charge in [0.05, 0.1) is 11.4 Å². The first-order chi connectivity index (χ1) is 11.2. The Morgan fingerprint density at radius 1 is 1.09 bits per heavy atom. The van der Waals surface area contributed by atoms with E-state index in [2.05, 4.69) is 35.1 Å². The highest BCUT2D eigenvalue weighted by Gasteiger charge is 2.13. The Morgan fingerprint density at radius 2 is 1.87 bits per heavy atom. The summed E-state index contributed by atoms with van der Waals surface area (Å²) >= 11 is 0. The van der Waals surface area contributed by atoms with Crippen molar-refractivity contribution in [1.29, 1.82) is 5.26 Å². The fraction of sp³-hybridized carbons (Fsp3) is 0.105. The first-order valence-electron chi connectivity index (χ1n) is 7.44. The highest BCUT2D eigenvalue weighted by atomic mass is 14.9. The van der Waals surface area contributed by atoms with Crippen molar-refractivity contribution in [3.05, 3.63) is 65.9 Å². The summed E-state index contributed by atoms with van der Waals surface area (Å²) in [5.41, 5.74) is 10.8. The third-order valence-electron chi connectivity index (χ3n) is 3.76. The summed E-state index contributed by atoms with van der Waals surface area (Å²) in [6.07, 6.45) is 2.68. The maximum atomic E-state index is 9.44. The number of anilines is 1. The van der Waals surface area contributed by atoms with Crippen molar-refractivity contribution in [2.24, 2.45) is 0 Å². The Hall–Kier alpha value is -3.19. The molecule has 2 aromatic heterocycles. The zero-order chi connectivity index (χ0) is 16.2. The summed E-state index contributed by atoms with van der Waals surface area (Å²) in [6.45, 7) is 2.11. The Balaban J connectivity index is 2.18. The predicted octanol–water partition coefficient (Wildman–Crippen LogP) is 3.83. The molecule has 2 N–H and O–H groups in total. The third kappa shape index (κ3) is 2.90. The van der Waals surface area contributed by atoms with E-state index in [-0.39, 0.29) is 5.82 Å². The number of nitrogens with two attached hydrogens (primary N) is 1. The summed E-state index contributed by atoms with van der Waals surface area (Å²) in [6, 6.07) is 17.8. The molecule has 0 aliphatic rings. The van der Waals surface area contributed by atoms with Gasteiger partial charge in [-0.1, -0.05) is 37.3 Å². The Kier molecular flexibility index (Phi) is 4.03. The van der Waals surface area contributed by atoms with Gasteiger partial charge < -0.3 is 5.73 Å². The maximum absolute atomic E-state index is 9.44. The number of benzene rings is 1. The number of nitriles is 1. The van der Waals surface area contributed by atoms with Gasteiger partial charge in [0.2, 0.25) is 0 Å². The molecule has 0 bridgehead atoms. The van der Waals surface area contributed by atoms with Crippen LogP contribution >= 0.6 is 0 Å². The average Bonchev–Trinajstić information content (AvgIpc) is 2.62. The molecule has 0 unspecified atom stereocenters. The molecule has 0 aliphatic heterocycles. The molecule has 0 atom stereocenters. The zero-order valence-electron chi connectivity index (χ0n) is 12.8. The molecule has 0 spiro atoms. The summed E-state index contributed by atoms with van der Waals surface area (Å²) in [5.74, 6) is 0.227. The third-order valence-corrected chi connectivity index (χ3v) is 3.76. The van der Waals surface area contributed by atoms with Crippen molar-refractivity contribution in [3.63, 3.8) is 0 Å². The Bertz CT molecular complexity index is 862. The fourth-order valence-corrected chi connectivity index (χ4v) is 2.48. The molecular weight excluding hydrogens is 284 g/mol. The monoisotopic (exact) mass is 300 g/mol. The molecule has 1 aromatic carbocycles. The van der Waals surface area contributed by atoms with Crippen LogP contribution < -0.4 is 5.73 Å². The van der Waals surface area contributed by atoms with Crippen LogP contribution in [0.25, 0.3) is 22.5 Å². The van der Waals surface area contributed by atoms with Crippen LogP contribution in [0.4, 0.5) is 5.82 Å². The minimum absolute atomic E-state index is 0.227. The van der Waals surface area contributed by atoms with E-state index in [4.69, 9.17) is 5.73 Å². The molecule has 0 aliphatic carbocycles. The summed E-state index contributed by atoms with van der Waals surface area (Å²) in [4.78, 5) is 8.63. The van der Waals surface area contributed by atoms with Crippen molar-refractivity contribution in [1.82, 2.24) is 9.97 Å². The number of pyridine rings is 2. The second-order valence-corrected chi connectivity index (χ2v) is 5.19. The number of hydrogen-bond donors (Lipinski definition) is 1. The van der Waals surface area contributed by atoms with Gasteiger partial charge in [-0.2, -0.15) is 5.26 Å². The van der Waals surface area contributed by atoms with Crippen LogP contribution in [0.2, 0.25) is 0 Å². The van der Waals surface area contributed by atoms with E-state index in [0.717, 1.165) is 23.2 Å². The highest BCUT2D eigenvalue weighted by Crippen LogP contribution is 2.30. The van der Waals surface area contributed by atoms with Crippen LogP contribution in [-0.2, 0) is 6.42 Å². The lowest BCUT2D eigenvalue weighted by atomic mass is 9.98. The Labute approximate surface area is 135 Å². The molecule has 112 valence electrons. The average molecular weight is 300 g/mol. The second-order valence-electron chi connectivity index (χ2n) is 5.19. The van der Waals surface area contributed by atoms with E-state index in [1.54, 1.807) is 6.20 Å². The lowest BCUT2D eigenvalue weighted by Gasteiger charge is -2.10. The fourth-order valence-electron chi connectivity index (χ4n) is 2.48. The van der Waals surface area contributed by atoms with E-state index in [1.165, 1.54) is 5.56 Å². The van der Waals surface area contributed by atoms with E-state index in [9.17, 15) is 5.26 Å². The molecule has 0 saturated carbocycles. The lowest BCUT2D eigenvalue weighted by Crippen LogP contribution is -2.00. The van der Waals surface area contributed by atoms with Crippen LogP contribution in [0.3, 0.4) is 0 Å². The molecule has 3 rings (SSSR count). The predicted molar refractivity (Wildman–Crippen MR) is 91.4 cm³/mol. The van der Waals surface area contributed by atoms with E-state index >= 15 is 0 Å². The van der Waals surface area contributed by atoms with Gasteiger partial charge in [0, 0.05) is 11.8 Å². The molecule has 0 fully saturated rings. The number of aryl methyl sites for hydroxylation is 1. The standard InChI is InChI=1S/C19H16N4/c1-2-13-6-8-14(9-7-13)15-11-18(17-5-3-4-10-22-17)23-19(21)16(15)12-20/h3-11H,2H2,1H3,(H2,21,23). The topological polar surface area (TPSA) is 75.6 Å². The van der Waals surface area contributed by atoms with Gasteiger partial charge in [0.15, 0.2) is 0 Å². The molecule has 4 heteroatoms. The smallest absolute Gasteiger partial charge is 0.142 e. The van der Waals surface area contributed by atoms with Gasteiger partial charge in [-0.25, -0.2) is 4.98 Å². The van der Waals surface area contributed by atoms with Gasteiger partial charge >= 0.3 is 0 Å². The van der Waals surface area contributed by atoms with Crippen molar-refractivity contribution >= 4 is 5.82 Å². The van der Waals surface area contributed by atoms with Gasteiger partial charge in [0.1, 0.15) is 17.5 Å². The summed E-state index contributed by atoms with van der Waals surface area (Å²) < 4.78 is 0. The first kappa shape index (κ1) is 14.7. The highest BCUT2D eigenvalue weighted by molar-refractivity contribution is 5.79. The van der Waals surface area contributed by atoms with Crippen LogP contribution in [0.5, 0.6) is 0 Å². The van der Waals surface area contributed by atoms with Crippen molar-refractivity contribution in [2.45, 2.75) is 13.3 Å². The number of rotatable bonds is 3. The van der Waals surface area contributed by atoms with E-state index < -0.39 is 0 Å². The second kappa shape index (κ2) is 6.29. The molecule has 0 radical (unpaired) electrons. The van der Waals surface area contributed by atoms with Crippen LogP contribution in [0.15, 0.2) is 54.7 Å². The molecule has 2 heterocycles. The summed E-state index contributed by atoms with van der Waals surface area (Å²) in [5, 5.41) is 9.44. The Morgan fingerprint density at radius 3 is 2.48 bits per heavy atom. The molecule has 4 nitrogen and oxygen atoms in total. The van der Waals surface area contributed by atoms with E-state index in [0.29, 0.717) is 11.3 Å². The largest absolute Gasteiger partial charge is 0.383 e. The normalized spacial score (nSPS) is 10.3. The lowest BCUT2D eigenvalue weighted by molar-refractivity contribution is 1.14. The van der Waals surface area contributed by atoms with Crippen molar-refractivity contribution < 1.29 is 0 Å². The van der Waals surface area contributed by atoms with Gasteiger partial charge in [-0.05, 0) is 35.7 Å². The number of nitrogen functional groups attached to an aromatic ring is 1. The molecule has 3 aromatic rings. The molecule has 0 amide bonds. The van der Waals surface area contributed by atoms with Crippen LogP contribution in [-0.4, -0.2) is 9.97 Å². The van der Waals surface area contributed by atoms with Crippen LogP contribution in [0.1, 0.15) is 18.1 Å². The number of aromatic nitrogens is 2. The first-order valence-corrected chi connectivity index (χ1v) is 7.44. The van der Waals surface area contributed by atoms with Crippen LogP contribution in [0, 0.1) is 11.3 Å². The molecule has 0 saturated heterocycles. The maximum Gasteiger partial charge on any atom is 0.142 e.